The number of carbonyl (C=O) groups is 1. The molecule has 2 rings (SSSR count). The first-order valence-corrected chi connectivity index (χ1v) is 6.10. The number of primary amides is 1. The number of hydrogen-bond acceptors (Lipinski definition) is 2. The van der Waals surface area contributed by atoms with Gasteiger partial charge in [-0.05, 0) is 20.8 Å². The molecule has 4 nitrogen and oxygen atoms in total. The number of rotatable bonds is 3. The van der Waals surface area contributed by atoms with Crippen LogP contribution in [0.4, 0.5) is 5.69 Å². The number of aromatic nitrogens is 1. The summed E-state index contributed by atoms with van der Waals surface area (Å²) in [7, 11) is 0. The van der Waals surface area contributed by atoms with Crippen LogP contribution in [0.2, 0.25) is 0 Å². The van der Waals surface area contributed by atoms with E-state index < -0.39 is 5.91 Å². The maximum absolute atomic E-state index is 11.6. The van der Waals surface area contributed by atoms with Crippen LogP contribution in [-0.4, -0.2) is 16.6 Å². The Kier molecular flexibility index (Phi) is 3.51. The molecule has 0 bridgehead atoms. The molecule has 0 saturated carbocycles. The molecule has 0 fully saturated rings. The van der Waals surface area contributed by atoms with Gasteiger partial charge in [0.2, 0.25) is 0 Å². The number of nitrogens with zero attached hydrogens (tertiary/aromatic N) is 1. The van der Waals surface area contributed by atoms with E-state index in [1.807, 2.05) is 51.1 Å². The smallest absolute Gasteiger partial charge is 0.252 e. The van der Waals surface area contributed by atoms with Crippen molar-refractivity contribution >= 4 is 17.3 Å². The predicted molar refractivity (Wildman–Crippen MR) is 77.9 cm³/mol. The van der Waals surface area contributed by atoms with Gasteiger partial charge in [0.15, 0.2) is 0 Å². The van der Waals surface area contributed by atoms with E-state index in [9.17, 15) is 4.79 Å². The summed E-state index contributed by atoms with van der Waals surface area (Å²) in [5.74, 6) is -0.462. The number of benzene rings is 1. The van der Waals surface area contributed by atoms with Gasteiger partial charge in [-0.2, -0.15) is 0 Å². The molecule has 4 heteroatoms. The largest absolute Gasteiger partial charge is 0.365 e. The third-order valence-corrected chi connectivity index (χ3v) is 2.81. The van der Waals surface area contributed by atoms with Crippen molar-refractivity contribution < 1.29 is 4.79 Å². The van der Waals surface area contributed by atoms with Gasteiger partial charge in [-0.3, -0.25) is 9.79 Å². The molecule has 0 aliphatic heterocycles. The van der Waals surface area contributed by atoms with Crippen LogP contribution < -0.4 is 5.73 Å². The molecule has 1 aromatic heterocycles. The first-order chi connectivity index (χ1) is 9.00. The van der Waals surface area contributed by atoms with Gasteiger partial charge in [0.25, 0.3) is 5.91 Å². The lowest BCUT2D eigenvalue weighted by Gasteiger charge is -2.02. The van der Waals surface area contributed by atoms with E-state index in [2.05, 4.69) is 9.98 Å². The molecular formula is C15H17N3O. The maximum Gasteiger partial charge on any atom is 0.252 e. The lowest BCUT2D eigenvalue weighted by Crippen LogP contribution is -2.11. The Morgan fingerprint density at radius 3 is 2.37 bits per heavy atom. The number of aryl methyl sites for hydroxylation is 1. The average Bonchev–Trinajstić information content (AvgIpc) is 2.66. The van der Waals surface area contributed by atoms with Crippen molar-refractivity contribution in [2.45, 2.75) is 20.8 Å². The van der Waals surface area contributed by atoms with Crippen LogP contribution in [0.1, 0.15) is 29.9 Å². The van der Waals surface area contributed by atoms with Gasteiger partial charge < -0.3 is 10.7 Å². The summed E-state index contributed by atoms with van der Waals surface area (Å²) >= 11 is 0. The fourth-order valence-electron chi connectivity index (χ4n) is 2.06. The highest BCUT2D eigenvalue weighted by atomic mass is 16.1. The quantitative estimate of drug-likeness (QED) is 0.812. The van der Waals surface area contributed by atoms with Crippen LogP contribution in [0.25, 0.3) is 11.3 Å². The number of aromatic amines is 1. The summed E-state index contributed by atoms with van der Waals surface area (Å²) in [4.78, 5) is 19.3. The zero-order valence-electron chi connectivity index (χ0n) is 11.3. The minimum absolute atomic E-state index is 0.458. The molecule has 0 spiro atoms. The molecule has 0 aliphatic rings. The number of aliphatic imine (C=N–C) groups is 1. The van der Waals surface area contributed by atoms with Gasteiger partial charge >= 0.3 is 0 Å². The summed E-state index contributed by atoms with van der Waals surface area (Å²) < 4.78 is 0. The van der Waals surface area contributed by atoms with Crippen LogP contribution in [0.15, 0.2) is 35.3 Å². The van der Waals surface area contributed by atoms with Crippen molar-refractivity contribution in [1.82, 2.24) is 4.98 Å². The number of nitrogens with two attached hydrogens (primary N) is 1. The number of amides is 1. The van der Waals surface area contributed by atoms with Crippen LogP contribution in [0, 0.1) is 6.92 Å². The molecule has 19 heavy (non-hydrogen) atoms. The molecule has 0 saturated heterocycles. The molecule has 1 heterocycles. The highest BCUT2D eigenvalue weighted by molar-refractivity contribution is 6.04. The van der Waals surface area contributed by atoms with Crippen molar-refractivity contribution in [3.8, 4) is 11.3 Å². The number of carbonyl (C=O) groups excluding carboxylic acids is 1. The minimum Gasteiger partial charge on any atom is -0.365 e. The van der Waals surface area contributed by atoms with E-state index >= 15 is 0 Å². The number of nitrogens with one attached hydrogen (secondary N) is 1. The maximum atomic E-state index is 11.6. The second kappa shape index (κ2) is 5.10. The molecule has 98 valence electrons. The highest BCUT2D eigenvalue weighted by Crippen LogP contribution is 2.35. The summed E-state index contributed by atoms with van der Waals surface area (Å²) in [6, 6.07) is 9.78. The second-order valence-corrected chi connectivity index (χ2v) is 4.64. The fraction of sp³-hybridized carbons (Fsp3) is 0.200. The molecular weight excluding hydrogens is 238 g/mol. The Bertz CT molecular complexity index is 635. The standard InChI is InChI=1S/C15H17N3O/c1-9(2)17-14-12(15(16)19)10(3)18-13(14)11-7-5-4-6-8-11/h4-8,18H,1-3H3,(H2,16,19). The van der Waals surface area contributed by atoms with E-state index in [-0.39, 0.29) is 0 Å². The lowest BCUT2D eigenvalue weighted by atomic mass is 10.1. The van der Waals surface area contributed by atoms with Crippen molar-refractivity contribution in [3.05, 3.63) is 41.6 Å². The highest BCUT2D eigenvalue weighted by Gasteiger charge is 2.19. The summed E-state index contributed by atoms with van der Waals surface area (Å²) in [6.45, 7) is 5.61. The van der Waals surface area contributed by atoms with Gasteiger partial charge in [-0.25, -0.2) is 0 Å². The summed E-state index contributed by atoms with van der Waals surface area (Å²) in [5.41, 5.74) is 9.96. The molecule has 0 unspecified atom stereocenters. The predicted octanol–water partition coefficient (Wildman–Crippen LogP) is 3.20. The summed E-state index contributed by atoms with van der Waals surface area (Å²) in [5, 5.41) is 0. The number of hydrogen-bond donors (Lipinski definition) is 2. The zero-order valence-corrected chi connectivity index (χ0v) is 11.3. The topological polar surface area (TPSA) is 71.2 Å². The molecule has 0 atom stereocenters. The van der Waals surface area contributed by atoms with Crippen molar-refractivity contribution in [1.29, 1.82) is 0 Å². The summed E-state index contributed by atoms with van der Waals surface area (Å²) in [6.07, 6.45) is 0. The Labute approximate surface area is 112 Å². The van der Waals surface area contributed by atoms with Gasteiger partial charge in [-0.15, -0.1) is 0 Å². The molecule has 0 aliphatic carbocycles. The minimum atomic E-state index is -0.462. The molecule has 1 aromatic carbocycles. The Balaban J connectivity index is 2.72. The zero-order chi connectivity index (χ0) is 14.0. The second-order valence-electron chi connectivity index (χ2n) is 4.64. The fourth-order valence-corrected chi connectivity index (χ4v) is 2.06. The molecule has 2 aromatic rings. The van der Waals surface area contributed by atoms with E-state index in [1.54, 1.807) is 0 Å². The van der Waals surface area contributed by atoms with Crippen LogP contribution >= 0.6 is 0 Å². The third kappa shape index (κ3) is 2.57. The Hall–Kier alpha value is -2.36. The van der Waals surface area contributed by atoms with Crippen molar-refractivity contribution in [2.75, 3.05) is 0 Å². The van der Waals surface area contributed by atoms with Gasteiger partial charge in [0.05, 0.1) is 11.3 Å². The first kappa shape index (κ1) is 13.1. The lowest BCUT2D eigenvalue weighted by molar-refractivity contribution is 0.100. The van der Waals surface area contributed by atoms with Crippen molar-refractivity contribution in [3.63, 3.8) is 0 Å². The molecule has 0 radical (unpaired) electrons. The Morgan fingerprint density at radius 2 is 1.84 bits per heavy atom. The van der Waals surface area contributed by atoms with Gasteiger partial charge in [0.1, 0.15) is 5.69 Å². The number of H-pyrrole nitrogens is 1. The van der Waals surface area contributed by atoms with E-state index in [4.69, 9.17) is 5.73 Å². The average molecular weight is 255 g/mol. The van der Waals surface area contributed by atoms with Gasteiger partial charge in [-0.1, -0.05) is 30.3 Å². The normalized spacial score (nSPS) is 10.3. The van der Waals surface area contributed by atoms with Crippen LogP contribution in [0.3, 0.4) is 0 Å². The van der Waals surface area contributed by atoms with Gasteiger partial charge in [0, 0.05) is 17.0 Å². The van der Waals surface area contributed by atoms with Crippen molar-refractivity contribution in [2.24, 2.45) is 10.7 Å². The van der Waals surface area contributed by atoms with Crippen LogP contribution in [0.5, 0.6) is 0 Å². The van der Waals surface area contributed by atoms with E-state index in [0.29, 0.717) is 11.3 Å². The van der Waals surface area contributed by atoms with E-state index in [0.717, 1.165) is 22.7 Å². The van der Waals surface area contributed by atoms with E-state index in [1.165, 1.54) is 0 Å². The third-order valence-electron chi connectivity index (χ3n) is 2.81. The first-order valence-electron chi connectivity index (χ1n) is 6.10. The van der Waals surface area contributed by atoms with Crippen LogP contribution in [-0.2, 0) is 0 Å². The molecule has 1 amide bonds. The Morgan fingerprint density at radius 1 is 1.21 bits per heavy atom. The monoisotopic (exact) mass is 255 g/mol. The SMILES string of the molecule is CC(C)=Nc1c(-c2ccccc2)[nH]c(C)c1C(N)=O. The molecule has 3 N–H and O–H groups in total.